The summed E-state index contributed by atoms with van der Waals surface area (Å²) in [6.45, 7) is 0. The van der Waals surface area contributed by atoms with Gasteiger partial charge < -0.3 is 10.5 Å². The molecule has 2 aromatic carbocycles. The molecule has 0 aliphatic rings. The Labute approximate surface area is 112 Å². The molecule has 94 valence electrons. The maximum Gasteiger partial charge on any atom is 0.148 e. The van der Waals surface area contributed by atoms with Gasteiger partial charge in [-0.05, 0) is 45.8 Å². The summed E-state index contributed by atoms with van der Waals surface area (Å²) in [7, 11) is 1.48. The standard InChI is InChI=1S/C13H10BrF2NO/c1-18-11-5-2-7(6-10(11)17)12-9(15)4-3-8(14)13(12)16/h2-6H,17H2,1H3. The Morgan fingerprint density at radius 3 is 2.50 bits per heavy atom. The van der Waals surface area contributed by atoms with E-state index in [1.165, 1.54) is 25.3 Å². The van der Waals surface area contributed by atoms with E-state index in [4.69, 9.17) is 10.5 Å². The lowest BCUT2D eigenvalue weighted by molar-refractivity contribution is 0.417. The third-order valence-corrected chi connectivity index (χ3v) is 3.17. The van der Waals surface area contributed by atoms with Crippen molar-refractivity contribution in [1.29, 1.82) is 0 Å². The molecule has 0 spiro atoms. The molecule has 0 aromatic heterocycles. The first-order chi connectivity index (χ1) is 8.54. The molecule has 2 nitrogen and oxygen atoms in total. The van der Waals surface area contributed by atoms with E-state index in [0.717, 1.165) is 0 Å². The Bertz CT molecular complexity index is 602. The second-order valence-corrected chi connectivity index (χ2v) is 4.53. The van der Waals surface area contributed by atoms with Crippen molar-refractivity contribution in [1.82, 2.24) is 0 Å². The van der Waals surface area contributed by atoms with Gasteiger partial charge in [0.05, 0.1) is 22.8 Å². The molecule has 0 heterocycles. The Morgan fingerprint density at radius 2 is 1.89 bits per heavy atom. The van der Waals surface area contributed by atoms with Gasteiger partial charge in [-0.15, -0.1) is 0 Å². The van der Waals surface area contributed by atoms with Crippen LogP contribution in [0.4, 0.5) is 14.5 Å². The number of hydrogen-bond acceptors (Lipinski definition) is 2. The van der Waals surface area contributed by atoms with E-state index < -0.39 is 11.6 Å². The van der Waals surface area contributed by atoms with Crippen LogP contribution in [0.15, 0.2) is 34.8 Å². The molecule has 0 unspecified atom stereocenters. The molecule has 0 saturated heterocycles. The Morgan fingerprint density at radius 1 is 1.17 bits per heavy atom. The van der Waals surface area contributed by atoms with Gasteiger partial charge in [-0.1, -0.05) is 6.07 Å². The molecule has 2 rings (SSSR count). The molecule has 0 saturated carbocycles. The predicted octanol–water partition coefficient (Wildman–Crippen LogP) is 3.99. The lowest BCUT2D eigenvalue weighted by Crippen LogP contribution is -1.95. The number of anilines is 1. The Hall–Kier alpha value is -1.62. The fourth-order valence-electron chi connectivity index (χ4n) is 1.68. The van der Waals surface area contributed by atoms with Crippen molar-refractivity contribution >= 4 is 21.6 Å². The first kappa shape index (κ1) is 12.8. The summed E-state index contributed by atoms with van der Waals surface area (Å²) in [5.74, 6) is -0.825. The monoisotopic (exact) mass is 313 g/mol. The van der Waals surface area contributed by atoms with E-state index in [-0.39, 0.29) is 10.0 Å². The van der Waals surface area contributed by atoms with Crippen LogP contribution in [-0.2, 0) is 0 Å². The van der Waals surface area contributed by atoms with Crippen LogP contribution in [-0.4, -0.2) is 7.11 Å². The van der Waals surface area contributed by atoms with Gasteiger partial charge in [0.2, 0.25) is 0 Å². The SMILES string of the molecule is COc1ccc(-c2c(F)ccc(Br)c2F)cc1N. The largest absolute Gasteiger partial charge is 0.495 e. The molecule has 18 heavy (non-hydrogen) atoms. The van der Waals surface area contributed by atoms with Crippen LogP contribution in [0.3, 0.4) is 0 Å². The molecule has 2 N–H and O–H groups in total. The molecule has 0 bridgehead atoms. The normalized spacial score (nSPS) is 10.4. The van der Waals surface area contributed by atoms with Gasteiger partial charge in [0.15, 0.2) is 0 Å². The second kappa shape index (κ2) is 4.94. The van der Waals surface area contributed by atoms with Gasteiger partial charge in [0, 0.05) is 0 Å². The average Bonchev–Trinajstić information content (AvgIpc) is 2.35. The van der Waals surface area contributed by atoms with Gasteiger partial charge in [-0.3, -0.25) is 0 Å². The molecular formula is C13H10BrF2NO. The molecule has 0 radical (unpaired) electrons. The van der Waals surface area contributed by atoms with E-state index in [2.05, 4.69) is 15.9 Å². The molecule has 0 fully saturated rings. The zero-order chi connectivity index (χ0) is 13.3. The third kappa shape index (κ3) is 2.18. The summed E-state index contributed by atoms with van der Waals surface area (Å²) >= 11 is 3.03. The highest BCUT2D eigenvalue weighted by molar-refractivity contribution is 9.10. The highest BCUT2D eigenvalue weighted by Gasteiger charge is 2.15. The average molecular weight is 314 g/mol. The van der Waals surface area contributed by atoms with Crippen molar-refractivity contribution < 1.29 is 13.5 Å². The minimum atomic E-state index is -0.653. The van der Waals surface area contributed by atoms with E-state index in [0.29, 0.717) is 17.0 Å². The van der Waals surface area contributed by atoms with Gasteiger partial charge in [0.25, 0.3) is 0 Å². The number of ether oxygens (including phenoxy) is 1. The fraction of sp³-hybridized carbons (Fsp3) is 0.0769. The number of nitrogen functional groups attached to an aromatic ring is 1. The predicted molar refractivity (Wildman–Crippen MR) is 70.5 cm³/mol. The van der Waals surface area contributed by atoms with Crippen molar-refractivity contribution in [3.05, 3.63) is 46.4 Å². The van der Waals surface area contributed by atoms with E-state index in [1.54, 1.807) is 12.1 Å². The van der Waals surface area contributed by atoms with Crippen molar-refractivity contribution in [2.24, 2.45) is 0 Å². The van der Waals surface area contributed by atoms with Gasteiger partial charge in [-0.2, -0.15) is 0 Å². The lowest BCUT2D eigenvalue weighted by Gasteiger charge is -2.10. The summed E-state index contributed by atoms with van der Waals surface area (Å²) in [6.07, 6.45) is 0. The quantitative estimate of drug-likeness (QED) is 0.672. The molecule has 2 aromatic rings. The first-order valence-electron chi connectivity index (χ1n) is 5.12. The minimum Gasteiger partial charge on any atom is -0.495 e. The highest BCUT2D eigenvalue weighted by atomic mass is 79.9. The Balaban J connectivity index is 2.62. The molecule has 0 amide bonds. The van der Waals surface area contributed by atoms with E-state index >= 15 is 0 Å². The van der Waals surface area contributed by atoms with Crippen LogP contribution in [0.5, 0.6) is 5.75 Å². The first-order valence-corrected chi connectivity index (χ1v) is 5.91. The summed E-state index contributed by atoms with van der Waals surface area (Å²) in [5.41, 5.74) is 6.31. The minimum absolute atomic E-state index is 0.112. The Kier molecular flexibility index (Phi) is 3.52. The van der Waals surface area contributed by atoms with Crippen LogP contribution in [0.25, 0.3) is 11.1 Å². The van der Waals surface area contributed by atoms with Crippen LogP contribution in [0.1, 0.15) is 0 Å². The maximum atomic E-state index is 13.9. The van der Waals surface area contributed by atoms with Crippen LogP contribution < -0.4 is 10.5 Å². The molecule has 0 aliphatic heterocycles. The zero-order valence-corrected chi connectivity index (χ0v) is 11.1. The summed E-state index contributed by atoms with van der Waals surface area (Å²) in [5, 5.41) is 0. The topological polar surface area (TPSA) is 35.2 Å². The number of hydrogen-bond donors (Lipinski definition) is 1. The number of rotatable bonds is 2. The highest BCUT2D eigenvalue weighted by Crippen LogP contribution is 2.34. The number of benzene rings is 2. The summed E-state index contributed by atoms with van der Waals surface area (Å²) in [6, 6.07) is 7.13. The lowest BCUT2D eigenvalue weighted by atomic mass is 10.0. The number of methoxy groups -OCH3 is 1. The number of halogens is 3. The van der Waals surface area contributed by atoms with Crippen molar-refractivity contribution in [3.63, 3.8) is 0 Å². The van der Waals surface area contributed by atoms with Crippen molar-refractivity contribution in [2.45, 2.75) is 0 Å². The van der Waals surface area contributed by atoms with Gasteiger partial charge >= 0.3 is 0 Å². The maximum absolute atomic E-state index is 13.9. The van der Waals surface area contributed by atoms with E-state index in [1.807, 2.05) is 0 Å². The van der Waals surface area contributed by atoms with Crippen molar-refractivity contribution in [3.8, 4) is 16.9 Å². The molecule has 0 atom stereocenters. The van der Waals surface area contributed by atoms with Gasteiger partial charge in [0.1, 0.15) is 17.4 Å². The van der Waals surface area contributed by atoms with Crippen LogP contribution >= 0.6 is 15.9 Å². The fourth-order valence-corrected chi connectivity index (χ4v) is 2.01. The smallest absolute Gasteiger partial charge is 0.148 e. The van der Waals surface area contributed by atoms with Crippen molar-refractivity contribution in [2.75, 3.05) is 12.8 Å². The van der Waals surface area contributed by atoms with Crippen LogP contribution in [0, 0.1) is 11.6 Å². The third-order valence-electron chi connectivity index (χ3n) is 2.56. The number of nitrogens with two attached hydrogens (primary N) is 1. The molecule has 0 aliphatic carbocycles. The second-order valence-electron chi connectivity index (χ2n) is 3.67. The summed E-state index contributed by atoms with van der Waals surface area (Å²) in [4.78, 5) is 0. The molecular weight excluding hydrogens is 304 g/mol. The van der Waals surface area contributed by atoms with Crippen LogP contribution in [0.2, 0.25) is 0 Å². The zero-order valence-electron chi connectivity index (χ0n) is 9.51. The van der Waals surface area contributed by atoms with Gasteiger partial charge in [-0.25, -0.2) is 8.78 Å². The summed E-state index contributed by atoms with van der Waals surface area (Å²) < 4.78 is 32.8. The molecule has 5 heteroatoms. The van der Waals surface area contributed by atoms with E-state index in [9.17, 15) is 8.78 Å².